The van der Waals surface area contributed by atoms with E-state index in [1.165, 1.54) is 0 Å². The van der Waals surface area contributed by atoms with E-state index in [0.717, 1.165) is 19.8 Å². The minimum atomic E-state index is 0.334. The third kappa shape index (κ3) is 1.96. The van der Waals surface area contributed by atoms with Crippen LogP contribution in [0.4, 0.5) is 0 Å². The summed E-state index contributed by atoms with van der Waals surface area (Å²) in [6, 6.07) is 0.529. The lowest BCUT2D eigenvalue weighted by Crippen LogP contribution is -2.48. The molecule has 0 saturated carbocycles. The SMILES string of the molecule is CC(C)(C)[C@H]1COCCN1. The highest BCUT2D eigenvalue weighted by molar-refractivity contribution is 4.81. The van der Waals surface area contributed by atoms with E-state index in [9.17, 15) is 0 Å². The fourth-order valence-electron chi connectivity index (χ4n) is 1.12. The standard InChI is InChI=1S/C8H17NO/c1-8(2,3)7-6-10-5-4-9-7/h7,9H,4-6H2,1-3H3/t7-/m1/s1. The number of morpholine rings is 1. The molecule has 1 N–H and O–H groups in total. The Hall–Kier alpha value is -0.0800. The highest BCUT2D eigenvalue weighted by Crippen LogP contribution is 2.20. The van der Waals surface area contributed by atoms with Gasteiger partial charge in [-0.15, -0.1) is 0 Å². The first-order chi connectivity index (χ1) is 4.61. The highest BCUT2D eigenvalue weighted by atomic mass is 16.5. The van der Waals surface area contributed by atoms with Crippen molar-refractivity contribution in [3.05, 3.63) is 0 Å². The van der Waals surface area contributed by atoms with Crippen LogP contribution in [-0.4, -0.2) is 25.8 Å². The Morgan fingerprint density at radius 3 is 2.40 bits per heavy atom. The second-order valence-corrected chi connectivity index (χ2v) is 3.95. The van der Waals surface area contributed by atoms with E-state index in [4.69, 9.17) is 4.74 Å². The molecule has 2 nitrogen and oxygen atoms in total. The van der Waals surface area contributed by atoms with Gasteiger partial charge < -0.3 is 10.1 Å². The van der Waals surface area contributed by atoms with E-state index in [2.05, 4.69) is 26.1 Å². The summed E-state index contributed by atoms with van der Waals surface area (Å²) in [6.45, 7) is 9.44. The van der Waals surface area contributed by atoms with Gasteiger partial charge in [0, 0.05) is 12.6 Å². The molecule has 1 atom stereocenters. The zero-order chi connectivity index (χ0) is 7.61. The lowest BCUT2D eigenvalue weighted by molar-refractivity contribution is 0.0392. The third-order valence-electron chi connectivity index (χ3n) is 1.97. The quantitative estimate of drug-likeness (QED) is 0.546. The maximum absolute atomic E-state index is 5.35. The molecule has 0 aromatic rings. The summed E-state index contributed by atoms with van der Waals surface area (Å²) in [7, 11) is 0. The summed E-state index contributed by atoms with van der Waals surface area (Å²) in [6.07, 6.45) is 0. The molecule has 1 rings (SSSR count). The zero-order valence-corrected chi connectivity index (χ0v) is 7.11. The second kappa shape index (κ2) is 2.89. The van der Waals surface area contributed by atoms with Crippen LogP contribution < -0.4 is 5.32 Å². The molecule has 0 aromatic carbocycles. The van der Waals surface area contributed by atoms with Gasteiger partial charge in [0.2, 0.25) is 0 Å². The molecule has 0 aliphatic carbocycles. The molecule has 1 aliphatic heterocycles. The van der Waals surface area contributed by atoms with Crippen molar-refractivity contribution in [3.63, 3.8) is 0 Å². The molecule has 1 heterocycles. The molecule has 60 valence electrons. The third-order valence-corrected chi connectivity index (χ3v) is 1.97. The van der Waals surface area contributed by atoms with Crippen LogP contribution in [0.3, 0.4) is 0 Å². The van der Waals surface area contributed by atoms with Crippen molar-refractivity contribution in [2.75, 3.05) is 19.8 Å². The minimum Gasteiger partial charge on any atom is -0.378 e. The molecule has 1 saturated heterocycles. The molecular formula is C8H17NO. The number of rotatable bonds is 0. The van der Waals surface area contributed by atoms with Crippen LogP contribution in [0.2, 0.25) is 0 Å². The zero-order valence-electron chi connectivity index (χ0n) is 7.11. The predicted octanol–water partition coefficient (Wildman–Crippen LogP) is 1.02. The Kier molecular flexibility index (Phi) is 2.32. The van der Waals surface area contributed by atoms with Crippen LogP contribution in [0.25, 0.3) is 0 Å². The molecule has 0 spiro atoms. The van der Waals surface area contributed by atoms with Crippen LogP contribution in [0.15, 0.2) is 0 Å². The summed E-state index contributed by atoms with van der Waals surface area (Å²) in [4.78, 5) is 0. The highest BCUT2D eigenvalue weighted by Gasteiger charge is 2.25. The first-order valence-corrected chi connectivity index (χ1v) is 3.92. The van der Waals surface area contributed by atoms with Crippen LogP contribution in [0.1, 0.15) is 20.8 Å². The molecule has 0 unspecified atom stereocenters. The van der Waals surface area contributed by atoms with E-state index in [1.807, 2.05) is 0 Å². The number of nitrogens with one attached hydrogen (secondary N) is 1. The van der Waals surface area contributed by atoms with E-state index in [0.29, 0.717) is 11.5 Å². The predicted molar refractivity (Wildman–Crippen MR) is 42.1 cm³/mol. The molecule has 0 aromatic heterocycles. The lowest BCUT2D eigenvalue weighted by Gasteiger charge is -2.34. The lowest BCUT2D eigenvalue weighted by atomic mass is 9.87. The molecule has 0 amide bonds. The van der Waals surface area contributed by atoms with Gasteiger partial charge in [-0.1, -0.05) is 20.8 Å². The van der Waals surface area contributed by atoms with Gasteiger partial charge in [0.05, 0.1) is 13.2 Å². The number of hydrogen-bond acceptors (Lipinski definition) is 2. The molecular weight excluding hydrogens is 126 g/mol. The van der Waals surface area contributed by atoms with Gasteiger partial charge in [-0.3, -0.25) is 0 Å². The van der Waals surface area contributed by atoms with Gasteiger partial charge in [0.1, 0.15) is 0 Å². The topological polar surface area (TPSA) is 21.3 Å². The molecule has 10 heavy (non-hydrogen) atoms. The van der Waals surface area contributed by atoms with Crippen LogP contribution >= 0.6 is 0 Å². The smallest absolute Gasteiger partial charge is 0.0625 e. The first kappa shape index (κ1) is 8.02. The maximum Gasteiger partial charge on any atom is 0.0625 e. The van der Waals surface area contributed by atoms with Crippen molar-refractivity contribution in [3.8, 4) is 0 Å². The van der Waals surface area contributed by atoms with Crippen LogP contribution in [0.5, 0.6) is 0 Å². The average molecular weight is 143 g/mol. The fourth-order valence-corrected chi connectivity index (χ4v) is 1.12. The van der Waals surface area contributed by atoms with Crippen molar-refractivity contribution in [2.24, 2.45) is 5.41 Å². The van der Waals surface area contributed by atoms with E-state index >= 15 is 0 Å². The van der Waals surface area contributed by atoms with Gasteiger partial charge >= 0.3 is 0 Å². The summed E-state index contributed by atoms with van der Waals surface area (Å²) >= 11 is 0. The van der Waals surface area contributed by atoms with Crippen molar-refractivity contribution in [2.45, 2.75) is 26.8 Å². The normalized spacial score (nSPS) is 28.5. The number of ether oxygens (including phenoxy) is 1. The Labute approximate surface area is 63.0 Å². The molecule has 1 fully saturated rings. The fraction of sp³-hybridized carbons (Fsp3) is 1.00. The Balaban J connectivity index is 2.39. The van der Waals surface area contributed by atoms with Crippen molar-refractivity contribution >= 4 is 0 Å². The summed E-state index contributed by atoms with van der Waals surface area (Å²) in [5.41, 5.74) is 0.334. The summed E-state index contributed by atoms with van der Waals surface area (Å²) < 4.78 is 5.35. The van der Waals surface area contributed by atoms with E-state index in [-0.39, 0.29) is 0 Å². The van der Waals surface area contributed by atoms with Gasteiger partial charge in [-0.05, 0) is 5.41 Å². The maximum atomic E-state index is 5.35. The Bertz CT molecular complexity index is 100. The van der Waals surface area contributed by atoms with E-state index in [1.54, 1.807) is 0 Å². The van der Waals surface area contributed by atoms with Crippen LogP contribution in [0, 0.1) is 5.41 Å². The Morgan fingerprint density at radius 2 is 2.10 bits per heavy atom. The van der Waals surface area contributed by atoms with Crippen molar-refractivity contribution in [1.82, 2.24) is 5.32 Å². The van der Waals surface area contributed by atoms with Gasteiger partial charge in [-0.2, -0.15) is 0 Å². The molecule has 1 aliphatic rings. The van der Waals surface area contributed by atoms with Crippen molar-refractivity contribution in [1.29, 1.82) is 0 Å². The van der Waals surface area contributed by atoms with Gasteiger partial charge in [0.25, 0.3) is 0 Å². The van der Waals surface area contributed by atoms with Crippen LogP contribution in [-0.2, 0) is 4.74 Å². The van der Waals surface area contributed by atoms with Gasteiger partial charge in [-0.25, -0.2) is 0 Å². The van der Waals surface area contributed by atoms with Gasteiger partial charge in [0.15, 0.2) is 0 Å². The van der Waals surface area contributed by atoms with Crippen molar-refractivity contribution < 1.29 is 4.74 Å². The molecule has 2 heteroatoms. The second-order valence-electron chi connectivity index (χ2n) is 3.95. The largest absolute Gasteiger partial charge is 0.378 e. The Morgan fingerprint density at radius 1 is 1.40 bits per heavy atom. The summed E-state index contributed by atoms with van der Waals surface area (Å²) in [5, 5.41) is 3.43. The van der Waals surface area contributed by atoms with E-state index < -0.39 is 0 Å². The monoisotopic (exact) mass is 143 g/mol. The first-order valence-electron chi connectivity index (χ1n) is 3.92. The average Bonchev–Trinajstić information content (AvgIpc) is 1.88. The molecule has 0 radical (unpaired) electrons. The minimum absolute atomic E-state index is 0.334. The number of hydrogen-bond donors (Lipinski definition) is 1. The summed E-state index contributed by atoms with van der Waals surface area (Å²) in [5.74, 6) is 0. The molecule has 0 bridgehead atoms.